The van der Waals surface area contributed by atoms with Gasteiger partial charge in [-0.3, -0.25) is 0 Å². The Balaban J connectivity index is 2.62. The molecular formula is C11H20O. The van der Waals surface area contributed by atoms with Crippen LogP contribution >= 0.6 is 0 Å². The highest BCUT2D eigenvalue weighted by atomic mass is 16.1. The van der Waals surface area contributed by atoms with Crippen molar-refractivity contribution >= 4 is 6.29 Å². The largest absolute Gasteiger partial charge is 0.303 e. The summed E-state index contributed by atoms with van der Waals surface area (Å²) >= 11 is 0. The van der Waals surface area contributed by atoms with E-state index in [9.17, 15) is 4.79 Å². The summed E-state index contributed by atoms with van der Waals surface area (Å²) in [6, 6.07) is 0. The van der Waals surface area contributed by atoms with Crippen molar-refractivity contribution in [2.24, 2.45) is 11.3 Å². The van der Waals surface area contributed by atoms with Crippen LogP contribution in [0.1, 0.15) is 52.4 Å². The van der Waals surface area contributed by atoms with Crippen LogP contribution in [0.2, 0.25) is 0 Å². The van der Waals surface area contributed by atoms with Crippen molar-refractivity contribution in [2.45, 2.75) is 52.4 Å². The molecule has 1 fully saturated rings. The van der Waals surface area contributed by atoms with E-state index < -0.39 is 0 Å². The predicted molar refractivity (Wildman–Crippen MR) is 51.0 cm³/mol. The number of carbonyl (C=O) groups excluding carboxylic acids is 1. The van der Waals surface area contributed by atoms with E-state index in [1.165, 1.54) is 32.1 Å². The highest BCUT2D eigenvalue weighted by Gasteiger charge is 2.34. The van der Waals surface area contributed by atoms with Crippen LogP contribution in [0.15, 0.2) is 0 Å². The van der Waals surface area contributed by atoms with Gasteiger partial charge in [0.25, 0.3) is 0 Å². The minimum Gasteiger partial charge on any atom is -0.303 e. The average molecular weight is 168 g/mol. The van der Waals surface area contributed by atoms with E-state index in [-0.39, 0.29) is 0 Å². The summed E-state index contributed by atoms with van der Waals surface area (Å²) in [6.45, 7) is 4.52. The highest BCUT2D eigenvalue weighted by Crippen LogP contribution is 2.44. The second kappa shape index (κ2) is 4.06. The monoisotopic (exact) mass is 168 g/mol. The molecule has 1 aliphatic rings. The zero-order valence-electron chi connectivity index (χ0n) is 8.31. The van der Waals surface area contributed by atoms with Gasteiger partial charge in [-0.15, -0.1) is 0 Å². The van der Waals surface area contributed by atoms with E-state index in [1.54, 1.807) is 0 Å². The number of aldehydes is 1. The van der Waals surface area contributed by atoms with Gasteiger partial charge in [-0.25, -0.2) is 0 Å². The van der Waals surface area contributed by atoms with E-state index in [2.05, 4.69) is 13.8 Å². The Hall–Kier alpha value is -0.330. The molecule has 0 heterocycles. The van der Waals surface area contributed by atoms with E-state index in [0.717, 1.165) is 12.7 Å². The second-order valence-corrected chi connectivity index (χ2v) is 4.45. The molecule has 0 radical (unpaired) electrons. The molecule has 0 atom stereocenters. The van der Waals surface area contributed by atoms with Crippen molar-refractivity contribution in [3.8, 4) is 0 Å². The molecule has 70 valence electrons. The van der Waals surface area contributed by atoms with Crippen LogP contribution in [0, 0.1) is 11.3 Å². The van der Waals surface area contributed by atoms with Gasteiger partial charge in [-0.05, 0) is 24.2 Å². The highest BCUT2D eigenvalue weighted by molar-refractivity contribution is 5.50. The molecule has 1 nitrogen and oxygen atoms in total. The molecule has 0 bridgehead atoms. The Morgan fingerprint density at radius 1 is 1.25 bits per heavy atom. The van der Waals surface area contributed by atoms with Crippen LogP contribution in [0.4, 0.5) is 0 Å². The molecule has 0 unspecified atom stereocenters. The van der Waals surface area contributed by atoms with Crippen molar-refractivity contribution in [1.82, 2.24) is 0 Å². The Bertz CT molecular complexity index is 143. The van der Waals surface area contributed by atoms with Gasteiger partial charge >= 0.3 is 0 Å². The summed E-state index contributed by atoms with van der Waals surface area (Å²) in [6.07, 6.45) is 8.45. The molecule has 1 saturated carbocycles. The Morgan fingerprint density at radius 2 is 1.83 bits per heavy atom. The summed E-state index contributed by atoms with van der Waals surface area (Å²) in [7, 11) is 0. The standard InChI is InChI=1S/C11H20O/c1-10(2)11(8-9-12)6-4-3-5-7-11/h9-10H,3-8H2,1-2H3. The van der Waals surface area contributed by atoms with Crippen molar-refractivity contribution < 1.29 is 4.79 Å². The quantitative estimate of drug-likeness (QED) is 0.591. The maximum atomic E-state index is 10.6. The molecule has 0 N–H and O–H groups in total. The average Bonchev–Trinajstić information content (AvgIpc) is 2.06. The molecule has 0 amide bonds. The minimum atomic E-state index is 0.361. The summed E-state index contributed by atoms with van der Waals surface area (Å²) in [4.78, 5) is 10.6. The van der Waals surface area contributed by atoms with Gasteiger partial charge in [-0.2, -0.15) is 0 Å². The Kier molecular flexibility index (Phi) is 3.30. The molecule has 0 saturated heterocycles. The molecular weight excluding hydrogens is 148 g/mol. The van der Waals surface area contributed by atoms with Crippen molar-refractivity contribution in [3.63, 3.8) is 0 Å². The van der Waals surface area contributed by atoms with Crippen LogP contribution in [0.3, 0.4) is 0 Å². The summed E-state index contributed by atoms with van der Waals surface area (Å²) in [5.74, 6) is 0.669. The maximum Gasteiger partial charge on any atom is 0.120 e. The fourth-order valence-electron chi connectivity index (χ4n) is 2.44. The molecule has 12 heavy (non-hydrogen) atoms. The number of rotatable bonds is 3. The third-order valence-corrected chi connectivity index (χ3v) is 3.56. The van der Waals surface area contributed by atoms with Gasteiger partial charge in [0, 0.05) is 6.42 Å². The smallest absolute Gasteiger partial charge is 0.120 e. The van der Waals surface area contributed by atoms with Gasteiger partial charge in [0.2, 0.25) is 0 Å². The molecule has 1 rings (SSSR count). The second-order valence-electron chi connectivity index (χ2n) is 4.45. The van der Waals surface area contributed by atoms with Crippen LogP contribution in [0.25, 0.3) is 0 Å². The summed E-state index contributed by atoms with van der Waals surface area (Å²) in [5.41, 5.74) is 0.361. The Labute approximate surface area is 75.5 Å². The van der Waals surface area contributed by atoms with Gasteiger partial charge < -0.3 is 4.79 Å². The van der Waals surface area contributed by atoms with Gasteiger partial charge in [0.05, 0.1) is 0 Å². The fourth-order valence-corrected chi connectivity index (χ4v) is 2.44. The normalized spacial score (nSPS) is 22.6. The first-order valence-electron chi connectivity index (χ1n) is 5.15. The minimum absolute atomic E-state index is 0.361. The van der Waals surface area contributed by atoms with E-state index in [0.29, 0.717) is 11.3 Å². The number of hydrogen-bond donors (Lipinski definition) is 0. The number of hydrogen-bond acceptors (Lipinski definition) is 1. The third-order valence-electron chi connectivity index (χ3n) is 3.56. The predicted octanol–water partition coefficient (Wildman–Crippen LogP) is 3.18. The number of carbonyl (C=O) groups is 1. The zero-order valence-corrected chi connectivity index (χ0v) is 8.31. The maximum absolute atomic E-state index is 10.6. The van der Waals surface area contributed by atoms with Crippen LogP contribution in [0.5, 0.6) is 0 Å². The lowest BCUT2D eigenvalue weighted by Gasteiger charge is -2.39. The molecule has 0 aromatic heterocycles. The van der Waals surface area contributed by atoms with Crippen LogP contribution in [-0.2, 0) is 4.79 Å². The first kappa shape index (κ1) is 9.76. The summed E-state index contributed by atoms with van der Waals surface area (Å²) < 4.78 is 0. The van der Waals surface area contributed by atoms with Gasteiger partial charge in [0.15, 0.2) is 0 Å². The van der Waals surface area contributed by atoms with Crippen LogP contribution in [-0.4, -0.2) is 6.29 Å². The van der Waals surface area contributed by atoms with Gasteiger partial charge in [-0.1, -0.05) is 33.1 Å². The van der Waals surface area contributed by atoms with Crippen LogP contribution < -0.4 is 0 Å². The Morgan fingerprint density at radius 3 is 2.25 bits per heavy atom. The molecule has 1 heteroatoms. The lowest BCUT2D eigenvalue weighted by atomic mass is 9.65. The first-order chi connectivity index (χ1) is 5.71. The van der Waals surface area contributed by atoms with Crippen molar-refractivity contribution in [2.75, 3.05) is 0 Å². The van der Waals surface area contributed by atoms with E-state index in [4.69, 9.17) is 0 Å². The molecule has 0 aromatic carbocycles. The lowest BCUT2D eigenvalue weighted by molar-refractivity contribution is -0.111. The zero-order chi connectivity index (χ0) is 9.03. The topological polar surface area (TPSA) is 17.1 Å². The van der Waals surface area contributed by atoms with E-state index in [1.807, 2.05) is 0 Å². The SMILES string of the molecule is CC(C)C1(CC=O)CCCCC1. The van der Waals surface area contributed by atoms with Gasteiger partial charge in [0.1, 0.15) is 6.29 Å². The van der Waals surface area contributed by atoms with Crippen molar-refractivity contribution in [3.05, 3.63) is 0 Å². The molecule has 0 aromatic rings. The molecule has 0 spiro atoms. The van der Waals surface area contributed by atoms with Crippen molar-refractivity contribution in [1.29, 1.82) is 0 Å². The van der Waals surface area contributed by atoms with E-state index >= 15 is 0 Å². The first-order valence-corrected chi connectivity index (χ1v) is 5.15. The molecule has 0 aliphatic heterocycles. The lowest BCUT2D eigenvalue weighted by Crippen LogP contribution is -2.30. The summed E-state index contributed by atoms with van der Waals surface area (Å²) in [5, 5.41) is 0. The third kappa shape index (κ3) is 1.88. The molecule has 1 aliphatic carbocycles. The fraction of sp³-hybridized carbons (Fsp3) is 0.909.